The van der Waals surface area contributed by atoms with Crippen molar-refractivity contribution in [2.45, 2.75) is 31.6 Å². The van der Waals surface area contributed by atoms with Crippen LogP contribution >= 0.6 is 0 Å². The summed E-state index contributed by atoms with van der Waals surface area (Å²) < 4.78 is 19.0. The van der Waals surface area contributed by atoms with Gasteiger partial charge in [0.25, 0.3) is 5.88 Å². The Morgan fingerprint density at radius 3 is 2.89 bits per heavy atom. The van der Waals surface area contributed by atoms with Crippen LogP contribution in [0.1, 0.15) is 23.6 Å². The van der Waals surface area contributed by atoms with Crippen LogP contribution in [-0.2, 0) is 18.6 Å². The van der Waals surface area contributed by atoms with E-state index in [0.29, 0.717) is 24.6 Å². The summed E-state index contributed by atoms with van der Waals surface area (Å²) in [7, 11) is 0. The molecular weight excluding hydrogens is 482 g/mol. The van der Waals surface area contributed by atoms with Crippen LogP contribution in [0, 0.1) is 11.8 Å². The van der Waals surface area contributed by atoms with Gasteiger partial charge in [-0.25, -0.2) is 9.78 Å². The molecule has 0 saturated heterocycles. The van der Waals surface area contributed by atoms with Crippen molar-refractivity contribution in [1.82, 2.24) is 14.5 Å². The molecule has 4 aromatic rings. The third kappa shape index (κ3) is 4.72. The summed E-state index contributed by atoms with van der Waals surface area (Å²) in [4.78, 5) is 21.0. The average Bonchev–Trinajstić information content (AvgIpc) is 2.95. The van der Waals surface area contributed by atoms with E-state index in [4.69, 9.17) is 14.2 Å². The van der Waals surface area contributed by atoms with E-state index in [0.717, 1.165) is 27.9 Å². The van der Waals surface area contributed by atoms with Crippen molar-refractivity contribution < 1.29 is 19.3 Å². The first-order valence-electron chi connectivity index (χ1n) is 12.4. The summed E-state index contributed by atoms with van der Waals surface area (Å²) in [5.74, 6) is 7.34. The second kappa shape index (κ2) is 9.69. The molecule has 8 heteroatoms. The van der Waals surface area contributed by atoms with Crippen molar-refractivity contribution in [3.05, 3.63) is 100 Å². The Morgan fingerprint density at radius 2 is 2.03 bits per heavy atom. The number of fused-ring (bicyclic) bond motifs is 4. The molecule has 190 valence electrons. The van der Waals surface area contributed by atoms with Gasteiger partial charge in [0.05, 0.1) is 5.69 Å². The number of nitrogens with zero attached hydrogens (tertiary/aromatic N) is 3. The summed E-state index contributed by atoms with van der Waals surface area (Å²) in [5, 5.41) is 10.8. The number of ether oxygens (including phenoxy) is 3. The van der Waals surface area contributed by atoms with E-state index in [1.54, 1.807) is 35.9 Å². The zero-order valence-corrected chi connectivity index (χ0v) is 20.8. The van der Waals surface area contributed by atoms with Gasteiger partial charge in [-0.05, 0) is 48.7 Å². The third-order valence-electron chi connectivity index (χ3n) is 6.61. The Morgan fingerprint density at radius 1 is 1.16 bits per heavy atom. The fourth-order valence-electron chi connectivity index (χ4n) is 4.61. The second-order valence-electron chi connectivity index (χ2n) is 9.39. The van der Waals surface area contributed by atoms with Crippen LogP contribution in [-0.4, -0.2) is 39.0 Å². The maximum Gasteiger partial charge on any atom is 0.351 e. The van der Waals surface area contributed by atoms with Gasteiger partial charge in [0.15, 0.2) is 11.9 Å². The van der Waals surface area contributed by atoms with E-state index in [-0.39, 0.29) is 30.9 Å². The molecule has 0 spiro atoms. The molecule has 2 aromatic carbocycles. The van der Waals surface area contributed by atoms with Crippen molar-refractivity contribution in [2.24, 2.45) is 0 Å². The Bertz CT molecular complexity index is 1620. The minimum Gasteiger partial charge on any atom is -0.478 e. The van der Waals surface area contributed by atoms with Gasteiger partial charge in [-0.3, -0.25) is 4.57 Å². The number of benzene rings is 2. The molecule has 4 heterocycles. The van der Waals surface area contributed by atoms with Gasteiger partial charge < -0.3 is 19.3 Å². The van der Waals surface area contributed by atoms with Gasteiger partial charge in [-0.15, -0.1) is 0 Å². The SMILES string of the molecule is CC(O)(C#Cc1ccc2c(c1)CCn1c-2cc(OCC2COc3ncccc3O2)nc1=O)c1ccccc1. The lowest BCUT2D eigenvalue weighted by molar-refractivity contribution is 0.0486. The molecule has 0 bridgehead atoms. The van der Waals surface area contributed by atoms with Crippen LogP contribution in [0.5, 0.6) is 17.5 Å². The Labute approximate surface area is 219 Å². The molecule has 0 radical (unpaired) electrons. The Balaban J connectivity index is 1.21. The van der Waals surface area contributed by atoms with Gasteiger partial charge in [0, 0.05) is 29.9 Å². The maximum atomic E-state index is 12.8. The fourth-order valence-corrected chi connectivity index (χ4v) is 4.61. The number of hydrogen-bond acceptors (Lipinski definition) is 7. The standard InChI is InChI=1S/C30H25N3O5/c1-30(35,22-6-3-2-4-7-22)13-11-20-9-10-24-21(16-20)12-15-33-25(24)17-27(32-29(33)34)36-18-23-19-37-28-26(38-23)8-5-14-31-28/h2-10,14,16-17,23,35H,12,15,18-19H2,1H3. The molecule has 0 aliphatic carbocycles. The first kappa shape index (κ1) is 23.8. The zero-order valence-electron chi connectivity index (χ0n) is 20.8. The number of rotatable bonds is 4. The number of hydrogen-bond donors (Lipinski definition) is 1. The summed E-state index contributed by atoms with van der Waals surface area (Å²) in [6, 6.07) is 20.6. The average molecular weight is 508 g/mol. The van der Waals surface area contributed by atoms with E-state index in [1.807, 2.05) is 48.5 Å². The molecule has 6 rings (SSSR count). The quantitative estimate of drug-likeness (QED) is 0.424. The maximum absolute atomic E-state index is 12.8. The molecule has 8 nitrogen and oxygen atoms in total. The van der Waals surface area contributed by atoms with Crippen LogP contribution in [0.2, 0.25) is 0 Å². The largest absolute Gasteiger partial charge is 0.478 e. The molecule has 0 fully saturated rings. The molecule has 2 aliphatic heterocycles. The lowest BCUT2D eigenvalue weighted by atomic mass is 9.94. The zero-order chi connectivity index (χ0) is 26.1. The van der Waals surface area contributed by atoms with Crippen molar-refractivity contribution in [3.8, 4) is 40.6 Å². The third-order valence-corrected chi connectivity index (χ3v) is 6.61. The number of pyridine rings is 1. The molecular formula is C30H25N3O5. The Hall–Kier alpha value is -4.61. The molecule has 38 heavy (non-hydrogen) atoms. The molecule has 1 N–H and O–H groups in total. The van der Waals surface area contributed by atoms with E-state index in [2.05, 4.69) is 21.8 Å². The van der Waals surface area contributed by atoms with E-state index in [9.17, 15) is 9.90 Å². The van der Waals surface area contributed by atoms with Crippen LogP contribution in [0.15, 0.2) is 77.7 Å². The number of aliphatic hydroxyl groups is 1. The monoisotopic (exact) mass is 507 g/mol. The molecule has 2 atom stereocenters. The van der Waals surface area contributed by atoms with Crippen LogP contribution in [0.25, 0.3) is 11.3 Å². The van der Waals surface area contributed by atoms with E-state index >= 15 is 0 Å². The summed E-state index contributed by atoms with van der Waals surface area (Å²) in [6.07, 6.45) is 1.97. The fraction of sp³-hybridized carbons (Fsp3) is 0.233. The van der Waals surface area contributed by atoms with Crippen molar-refractivity contribution in [1.29, 1.82) is 0 Å². The molecule has 2 aliphatic rings. The molecule has 2 aromatic heterocycles. The van der Waals surface area contributed by atoms with Crippen molar-refractivity contribution in [2.75, 3.05) is 13.2 Å². The van der Waals surface area contributed by atoms with Gasteiger partial charge >= 0.3 is 5.69 Å². The van der Waals surface area contributed by atoms with Gasteiger partial charge in [-0.2, -0.15) is 4.98 Å². The van der Waals surface area contributed by atoms with Crippen LogP contribution in [0.4, 0.5) is 0 Å². The highest BCUT2D eigenvalue weighted by molar-refractivity contribution is 5.68. The predicted molar refractivity (Wildman–Crippen MR) is 140 cm³/mol. The highest BCUT2D eigenvalue weighted by atomic mass is 16.6. The minimum absolute atomic E-state index is 0.174. The highest BCUT2D eigenvalue weighted by Crippen LogP contribution is 2.31. The smallest absolute Gasteiger partial charge is 0.351 e. The van der Waals surface area contributed by atoms with Gasteiger partial charge in [0.1, 0.15) is 18.8 Å². The molecule has 0 saturated carbocycles. The summed E-state index contributed by atoms with van der Waals surface area (Å²) >= 11 is 0. The Kier molecular flexibility index (Phi) is 6.06. The van der Waals surface area contributed by atoms with E-state index < -0.39 is 5.60 Å². The van der Waals surface area contributed by atoms with Crippen LogP contribution < -0.4 is 19.9 Å². The predicted octanol–water partition coefficient (Wildman–Crippen LogP) is 3.34. The number of aryl methyl sites for hydroxylation is 1. The van der Waals surface area contributed by atoms with E-state index in [1.165, 1.54) is 0 Å². The number of aromatic nitrogens is 3. The van der Waals surface area contributed by atoms with Crippen LogP contribution in [0.3, 0.4) is 0 Å². The summed E-state index contributed by atoms with van der Waals surface area (Å²) in [5.41, 5.74) is 2.66. The normalized spacial score (nSPS) is 16.7. The molecule has 0 amide bonds. The van der Waals surface area contributed by atoms with Gasteiger partial charge in [-0.1, -0.05) is 48.2 Å². The lowest BCUT2D eigenvalue weighted by Gasteiger charge is -2.25. The first-order valence-corrected chi connectivity index (χ1v) is 12.4. The second-order valence-corrected chi connectivity index (χ2v) is 9.39. The molecule has 2 unspecified atom stereocenters. The van der Waals surface area contributed by atoms with Gasteiger partial charge in [0.2, 0.25) is 5.88 Å². The first-order chi connectivity index (χ1) is 18.5. The minimum atomic E-state index is -1.26. The lowest BCUT2D eigenvalue weighted by Crippen LogP contribution is -2.35. The topological polar surface area (TPSA) is 95.7 Å². The van der Waals surface area contributed by atoms with Crippen molar-refractivity contribution >= 4 is 0 Å². The summed E-state index contributed by atoms with van der Waals surface area (Å²) in [6.45, 7) is 2.66. The van der Waals surface area contributed by atoms with Crippen molar-refractivity contribution in [3.63, 3.8) is 0 Å². The highest BCUT2D eigenvalue weighted by Gasteiger charge is 2.24.